The van der Waals surface area contributed by atoms with E-state index in [1.54, 1.807) is 0 Å². The molecule has 0 aliphatic rings. The molecule has 0 aromatic carbocycles. The van der Waals surface area contributed by atoms with Crippen molar-refractivity contribution in [3.8, 4) is 0 Å². The molecule has 1 unspecified atom stereocenters. The minimum Gasteiger partial charge on any atom is -0.392 e. The third-order valence-electron chi connectivity index (χ3n) is 2.04. The molecule has 0 aliphatic carbocycles. The molecule has 82 valence electrons. The Balaban J connectivity index is 4.22. The largest absolute Gasteiger partial charge is 0.392 e. The number of rotatable bonds is 6. The van der Waals surface area contributed by atoms with Crippen LogP contribution in [0, 0.1) is 0 Å². The van der Waals surface area contributed by atoms with Crippen molar-refractivity contribution in [2.24, 2.45) is 5.73 Å². The highest BCUT2D eigenvalue weighted by molar-refractivity contribution is 7.80. The zero-order valence-electron chi connectivity index (χ0n) is 9.04. The minimum absolute atomic E-state index is 0.0191. The van der Waals surface area contributed by atoms with Gasteiger partial charge in [0.05, 0.1) is 11.0 Å². The average Bonchev–Trinajstić information content (AvgIpc) is 2.13. The van der Waals surface area contributed by atoms with Crippen molar-refractivity contribution < 1.29 is 4.79 Å². The molecule has 0 heterocycles. The van der Waals surface area contributed by atoms with Gasteiger partial charge in [0.15, 0.2) is 0 Å². The maximum absolute atomic E-state index is 11.5. The summed E-state index contributed by atoms with van der Waals surface area (Å²) in [5, 5.41) is 2.77. The van der Waals surface area contributed by atoms with Crippen LogP contribution < -0.4 is 11.1 Å². The summed E-state index contributed by atoms with van der Waals surface area (Å²) in [6.45, 7) is 7.63. The monoisotopic (exact) mass is 217 g/mol. The highest BCUT2D eigenvalue weighted by Gasteiger charge is 2.19. The molecule has 1 atom stereocenters. The van der Waals surface area contributed by atoms with Crippen LogP contribution in [-0.4, -0.2) is 41.5 Å². The van der Waals surface area contributed by atoms with Crippen LogP contribution in [0.5, 0.6) is 0 Å². The summed E-state index contributed by atoms with van der Waals surface area (Å²) < 4.78 is 0. The normalized spacial score (nSPS) is 12.6. The minimum atomic E-state index is -0.179. The number of nitrogens with two attached hydrogens (primary N) is 1. The quantitative estimate of drug-likeness (QED) is 0.620. The summed E-state index contributed by atoms with van der Waals surface area (Å²) in [4.78, 5) is 13.8. The van der Waals surface area contributed by atoms with Crippen LogP contribution in [0.1, 0.15) is 20.8 Å². The SMILES string of the molecule is CCNC(=O)C(C)N(CC)CC(N)=S. The van der Waals surface area contributed by atoms with Crippen LogP contribution in [0.2, 0.25) is 0 Å². The van der Waals surface area contributed by atoms with Gasteiger partial charge < -0.3 is 11.1 Å². The van der Waals surface area contributed by atoms with Crippen LogP contribution in [0.25, 0.3) is 0 Å². The summed E-state index contributed by atoms with van der Waals surface area (Å²) in [5.74, 6) is 0.0191. The molecule has 4 nitrogen and oxygen atoms in total. The molecule has 0 fully saturated rings. The van der Waals surface area contributed by atoms with E-state index in [1.807, 2.05) is 25.7 Å². The van der Waals surface area contributed by atoms with Crippen molar-refractivity contribution >= 4 is 23.1 Å². The Hall–Kier alpha value is -0.680. The van der Waals surface area contributed by atoms with Gasteiger partial charge in [-0.05, 0) is 20.4 Å². The lowest BCUT2D eigenvalue weighted by Crippen LogP contribution is -2.47. The second-order valence-electron chi connectivity index (χ2n) is 3.10. The first-order valence-electron chi connectivity index (χ1n) is 4.82. The maximum Gasteiger partial charge on any atom is 0.237 e. The molecule has 5 heteroatoms. The molecule has 0 bridgehead atoms. The first-order valence-corrected chi connectivity index (χ1v) is 5.23. The smallest absolute Gasteiger partial charge is 0.237 e. The number of carbonyl (C=O) groups excluding carboxylic acids is 1. The predicted octanol–water partition coefficient (Wildman–Crippen LogP) is 0.119. The molecule has 0 aliphatic heterocycles. The van der Waals surface area contributed by atoms with Crippen LogP contribution in [0.4, 0.5) is 0 Å². The molecule has 1 amide bonds. The van der Waals surface area contributed by atoms with E-state index in [2.05, 4.69) is 5.32 Å². The molecule has 0 rings (SSSR count). The predicted molar refractivity (Wildman–Crippen MR) is 62.2 cm³/mol. The lowest BCUT2D eigenvalue weighted by molar-refractivity contribution is -0.125. The van der Waals surface area contributed by atoms with Crippen LogP contribution in [-0.2, 0) is 4.79 Å². The van der Waals surface area contributed by atoms with Crippen molar-refractivity contribution in [1.82, 2.24) is 10.2 Å². The van der Waals surface area contributed by atoms with E-state index in [9.17, 15) is 4.79 Å². The van der Waals surface area contributed by atoms with Crippen LogP contribution >= 0.6 is 12.2 Å². The van der Waals surface area contributed by atoms with E-state index >= 15 is 0 Å². The Labute approximate surface area is 90.8 Å². The molecule has 14 heavy (non-hydrogen) atoms. The van der Waals surface area contributed by atoms with Gasteiger partial charge >= 0.3 is 0 Å². The van der Waals surface area contributed by atoms with Gasteiger partial charge in [0.25, 0.3) is 0 Å². The first-order chi connectivity index (χ1) is 6.52. The number of carbonyl (C=O) groups is 1. The number of hydrogen-bond acceptors (Lipinski definition) is 3. The Morgan fingerprint density at radius 3 is 2.50 bits per heavy atom. The van der Waals surface area contributed by atoms with Gasteiger partial charge in [-0.1, -0.05) is 19.1 Å². The first kappa shape index (κ1) is 13.3. The lowest BCUT2D eigenvalue weighted by Gasteiger charge is -2.25. The summed E-state index contributed by atoms with van der Waals surface area (Å²) in [6, 6.07) is -0.179. The van der Waals surface area contributed by atoms with E-state index in [0.29, 0.717) is 18.1 Å². The second kappa shape index (κ2) is 6.73. The van der Waals surface area contributed by atoms with Gasteiger partial charge in [0, 0.05) is 13.1 Å². The van der Waals surface area contributed by atoms with Gasteiger partial charge in [-0.25, -0.2) is 0 Å². The molecule has 0 aromatic heterocycles. The number of amides is 1. The number of likely N-dealkylation sites (N-methyl/N-ethyl adjacent to an activating group) is 2. The average molecular weight is 217 g/mol. The molecule has 3 N–H and O–H groups in total. The Bertz CT molecular complexity index is 208. The highest BCUT2D eigenvalue weighted by atomic mass is 32.1. The van der Waals surface area contributed by atoms with Crippen molar-refractivity contribution in [3.05, 3.63) is 0 Å². The lowest BCUT2D eigenvalue weighted by atomic mass is 10.2. The van der Waals surface area contributed by atoms with E-state index in [1.165, 1.54) is 0 Å². The highest BCUT2D eigenvalue weighted by Crippen LogP contribution is 1.98. The van der Waals surface area contributed by atoms with Gasteiger partial charge in [-0.15, -0.1) is 0 Å². The molecule has 0 spiro atoms. The molecule has 0 aromatic rings. The fourth-order valence-electron chi connectivity index (χ4n) is 1.21. The number of thiocarbonyl (C=S) groups is 1. The van der Waals surface area contributed by atoms with Gasteiger partial charge in [0.2, 0.25) is 5.91 Å². The van der Waals surface area contributed by atoms with Gasteiger partial charge in [-0.3, -0.25) is 9.69 Å². The van der Waals surface area contributed by atoms with Crippen LogP contribution in [0.3, 0.4) is 0 Å². The standard InChI is InChI=1S/C9H19N3OS/c1-4-11-9(13)7(3)12(5-2)6-8(10)14/h7H,4-6H2,1-3H3,(H2,10,14)(H,11,13). The number of nitrogens with zero attached hydrogens (tertiary/aromatic N) is 1. The van der Waals surface area contributed by atoms with Crippen LogP contribution in [0.15, 0.2) is 0 Å². The Morgan fingerprint density at radius 1 is 1.57 bits per heavy atom. The zero-order chi connectivity index (χ0) is 11.1. The van der Waals surface area contributed by atoms with Crippen molar-refractivity contribution in [2.45, 2.75) is 26.8 Å². The summed E-state index contributed by atoms with van der Waals surface area (Å²) >= 11 is 4.81. The fourth-order valence-corrected chi connectivity index (χ4v) is 1.38. The van der Waals surface area contributed by atoms with E-state index in [4.69, 9.17) is 18.0 Å². The summed E-state index contributed by atoms with van der Waals surface area (Å²) in [6.07, 6.45) is 0. The number of hydrogen-bond donors (Lipinski definition) is 2. The van der Waals surface area contributed by atoms with E-state index < -0.39 is 0 Å². The zero-order valence-corrected chi connectivity index (χ0v) is 9.86. The molecule has 0 saturated carbocycles. The summed E-state index contributed by atoms with van der Waals surface area (Å²) in [7, 11) is 0. The molecule has 0 radical (unpaired) electrons. The van der Waals surface area contributed by atoms with Crippen molar-refractivity contribution in [3.63, 3.8) is 0 Å². The van der Waals surface area contributed by atoms with Gasteiger partial charge in [-0.2, -0.15) is 0 Å². The van der Waals surface area contributed by atoms with E-state index in [-0.39, 0.29) is 11.9 Å². The molecular formula is C9H19N3OS. The Morgan fingerprint density at radius 2 is 2.14 bits per heavy atom. The van der Waals surface area contributed by atoms with Crippen molar-refractivity contribution in [2.75, 3.05) is 19.6 Å². The molecule has 0 saturated heterocycles. The van der Waals surface area contributed by atoms with Crippen molar-refractivity contribution in [1.29, 1.82) is 0 Å². The third-order valence-corrected chi connectivity index (χ3v) is 2.17. The third kappa shape index (κ3) is 4.53. The van der Waals surface area contributed by atoms with Gasteiger partial charge in [0.1, 0.15) is 0 Å². The molecular weight excluding hydrogens is 198 g/mol. The number of nitrogens with one attached hydrogen (secondary N) is 1. The fraction of sp³-hybridized carbons (Fsp3) is 0.778. The maximum atomic E-state index is 11.5. The topological polar surface area (TPSA) is 58.4 Å². The second-order valence-corrected chi connectivity index (χ2v) is 3.62. The summed E-state index contributed by atoms with van der Waals surface area (Å²) in [5.41, 5.74) is 5.44. The van der Waals surface area contributed by atoms with E-state index in [0.717, 1.165) is 6.54 Å². The Kier molecular flexibility index (Phi) is 6.40.